The van der Waals surface area contributed by atoms with E-state index in [1.54, 1.807) is 18.2 Å². The summed E-state index contributed by atoms with van der Waals surface area (Å²) in [6.45, 7) is 2.95. The van der Waals surface area contributed by atoms with E-state index in [1.165, 1.54) is 10.4 Å². The lowest BCUT2D eigenvalue weighted by Crippen LogP contribution is -2.34. The number of aliphatic hydroxyl groups is 1. The van der Waals surface area contributed by atoms with Gasteiger partial charge in [0.15, 0.2) is 0 Å². The predicted octanol–water partition coefficient (Wildman–Crippen LogP) is 2.24. The summed E-state index contributed by atoms with van der Waals surface area (Å²) in [7, 11) is -2.00. The van der Waals surface area contributed by atoms with Gasteiger partial charge in [0.25, 0.3) is 5.56 Å². The van der Waals surface area contributed by atoms with Crippen LogP contribution in [0.2, 0.25) is 0 Å². The van der Waals surface area contributed by atoms with Crippen LogP contribution in [-0.2, 0) is 16.6 Å². The molecule has 9 heteroatoms. The number of pyridine rings is 1. The lowest BCUT2D eigenvalue weighted by Gasteiger charge is -2.28. The summed E-state index contributed by atoms with van der Waals surface area (Å²) in [5.41, 5.74) is 2.53. The Morgan fingerprint density at radius 3 is 2.81 bits per heavy atom. The average molecular weight is 458 g/mol. The monoisotopic (exact) mass is 457 g/mol. The number of aromatic nitrogens is 1. The minimum atomic E-state index is -3.93. The van der Waals surface area contributed by atoms with Crippen molar-refractivity contribution >= 4 is 26.6 Å². The molecule has 0 aliphatic carbocycles. The maximum Gasteiger partial charge on any atom is 0.252 e. The quantitative estimate of drug-likeness (QED) is 0.564. The third-order valence-electron chi connectivity index (χ3n) is 5.74. The van der Waals surface area contributed by atoms with Crippen molar-refractivity contribution in [2.75, 3.05) is 38.3 Å². The number of ether oxygens (including phenoxy) is 1. The minimum absolute atomic E-state index is 0.0853. The molecule has 0 fully saturated rings. The zero-order valence-corrected chi connectivity index (χ0v) is 19.0. The lowest BCUT2D eigenvalue weighted by molar-refractivity contribution is 0.267. The summed E-state index contributed by atoms with van der Waals surface area (Å²) in [4.78, 5) is 17.7. The molecular weight excluding hydrogens is 430 g/mol. The maximum atomic E-state index is 13.5. The first-order chi connectivity index (χ1) is 15.3. The number of likely N-dealkylation sites (N-methyl/N-ethyl adjacent to an activating group) is 1. The molecule has 0 saturated carbocycles. The van der Waals surface area contributed by atoms with Gasteiger partial charge in [0.05, 0.1) is 22.6 Å². The van der Waals surface area contributed by atoms with Crippen molar-refractivity contribution in [1.29, 1.82) is 0 Å². The second kappa shape index (κ2) is 8.93. The molecule has 8 nitrogen and oxygen atoms in total. The highest BCUT2D eigenvalue weighted by molar-refractivity contribution is 7.89. The molecule has 0 saturated heterocycles. The van der Waals surface area contributed by atoms with Gasteiger partial charge in [-0.2, -0.15) is 4.31 Å². The van der Waals surface area contributed by atoms with Gasteiger partial charge in [-0.25, -0.2) is 8.42 Å². The third kappa shape index (κ3) is 4.23. The van der Waals surface area contributed by atoms with Gasteiger partial charge < -0.3 is 19.7 Å². The second-order valence-electron chi connectivity index (χ2n) is 7.98. The van der Waals surface area contributed by atoms with E-state index >= 15 is 0 Å². The SMILES string of the molecule is Cc1cccc2cc(CN(CCCO)S(=O)(=O)c3ccc4c(c3)OCCN4C)c(=O)[nH]c12. The van der Waals surface area contributed by atoms with Gasteiger partial charge in [0, 0.05) is 38.4 Å². The molecule has 1 aliphatic rings. The number of hydrogen-bond donors (Lipinski definition) is 2. The molecular formula is C23H27N3O5S. The van der Waals surface area contributed by atoms with Crippen LogP contribution in [-0.4, -0.2) is 56.2 Å². The van der Waals surface area contributed by atoms with E-state index in [2.05, 4.69) is 4.98 Å². The zero-order valence-electron chi connectivity index (χ0n) is 18.2. The molecule has 0 bridgehead atoms. The predicted molar refractivity (Wildman–Crippen MR) is 124 cm³/mol. The summed E-state index contributed by atoms with van der Waals surface area (Å²) < 4.78 is 33.9. The van der Waals surface area contributed by atoms with Gasteiger partial charge in [-0.1, -0.05) is 18.2 Å². The van der Waals surface area contributed by atoms with E-state index in [0.717, 1.165) is 28.7 Å². The number of aliphatic hydroxyl groups excluding tert-OH is 1. The largest absolute Gasteiger partial charge is 0.490 e. The number of nitrogens with zero attached hydrogens (tertiary/aromatic N) is 2. The topological polar surface area (TPSA) is 103 Å². The van der Waals surface area contributed by atoms with Crippen LogP contribution in [0.25, 0.3) is 10.9 Å². The number of sulfonamides is 1. The van der Waals surface area contributed by atoms with Crippen molar-refractivity contribution in [3.05, 3.63) is 63.9 Å². The second-order valence-corrected chi connectivity index (χ2v) is 9.92. The number of aromatic amines is 1. The molecule has 32 heavy (non-hydrogen) atoms. The van der Waals surface area contributed by atoms with Crippen molar-refractivity contribution in [2.24, 2.45) is 0 Å². The van der Waals surface area contributed by atoms with Crippen molar-refractivity contribution in [1.82, 2.24) is 9.29 Å². The van der Waals surface area contributed by atoms with Crippen molar-refractivity contribution in [3.63, 3.8) is 0 Å². The Kier molecular flexibility index (Phi) is 6.23. The van der Waals surface area contributed by atoms with Gasteiger partial charge in [-0.3, -0.25) is 4.79 Å². The highest BCUT2D eigenvalue weighted by Crippen LogP contribution is 2.34. The van der Waals surface area contributed by atoms with Crippen LogP contribution >= 0.6 is 0 Å². The number of benzene rings is 2. The van der Waals surface area contributed by atoms with Crippen LogP contribution in [0.4, 0.5) is 5.69 Å². The number of hydrogen-bond acceptors (Lipinski definition) is 6. The fraction of sp³-hybridized carbons (Fsp3) is 0.348. The minimum Gasteiger partial charge on any atom is -0.490 e. The zero-order chi connectivity index (χ0) is 22.9. The Bertz CT molecular complexity index is 1300. The van der Waals surface area contributed by atoms with Gasteiger partial charge >= 0.3 is 0 Å². The molecule has 0 unspecified atom stereocenters. The van der Waals surface area contributed by atoms with Crippen LogP contribution in [0, 0.1) is 6.92 Å². The standard InChI is InChI=1S/C23H27N3O5S/c1-16-5-3-6-17-13-18(23(28)24-22(16)17)15-26(9-4-11-27)32(29,30)19-7-8-20-21(14-19)31-12-10-25(20)2/h3,5-8,13-14,27H,4,9-12,15H2,1-2H3,(H,24,28). The van der Waals surface area contributed by atoms with Gasteiger partial charge in [0.2, 0.25) is 10.0 Å². The van der Waals surface area contributed by atoms with Crippen LogP contribution < -0.4 is 15.2 Å². The van der Waals surface area contributed by atoms with Crippen molar-refractivity contribution < 1.29 is 18.3 Å². The van der Waals surface area contributed by atoms with E-state index in [4.69, 9.17) is 4.74 Å². The first-order valence-corrected chi connectivity index (χ1v) is 12.0. The summed E-state index contributed by atoms with van der Waals surface area (Å²) in [6, 6.07) is 12.2. The first kappa shape index (κ1) is 22.3. The van der Waals surface area contributed by atoms with Gasteiger partial charge in [-0.15, -0.1) is 0 Å². The Balaban J connectivity index is 1.72. The summed E-state index contributed by atoms with van der Waals surface area (Å²) in [5.74, 6) is 0.515. The molecule has 170 valence electrons. The Morgan fingerprint density at radius 2 is 2.03 bits per heavy atom. The normalized spacial score (nSPS) is 13.9. The number of anilines is 1. The van der Waals surface area contributed by atoms with Gasteiger partial charge in [0.1, 0.15) is 12.4 Å². The van der Waals surface area contributed by atoms with Crippen LogP contribution in [0.5, 0.6) is 5.75 Å². The van der Waals surface area contributed by atoms with E-state index in [0.29, 0.717) is 17.9 Å². The Labute approximate surface area is 187 Å². The molecule has 3 aromatic rings. The summed E-state index contributed by atoms with van der Waals surface area (Å²) in [6.07, 6.45) is 0.258. The maximum absolute atomic E-state index is 13.5. The molecule has 2 N–H and O–H groups in total. The molecule has 1 aromatic heterocycles. The van der Waals surface area contributed by atoms with Crippen molar-refractivity contribution in [2.45, 2.75) is 24.8 Å². The molecule has 2 heterocycles. The van der Waals surface area contributed by atoms with E-state index in [-0.39, 0.29) is 36.6 Å². The Hall–Kier alpha value is -2.88. The highest BCUT2D eigenvalue weighted by Gasteiger charge is 2.27. The fourth-order valence-electron chi connectivity index (χ4n) is 3.92. The van der Waals surface area contributed by atoms with Crippen LogP contribution in [0.1, 0.15) is 17.5 Å². The van der Waals surface area contributed by atoms with Crippen LogP contribution in [0.15, 0.2) is 52.2 Å². The number of para-hydroxylation sites is 1. The molecule has 1 aliphatic heterocycles. The van der Waals surface area contributed by atoms with Crippen molar-refractivity contribution in [3.8, 4) is 5.75 Å². The number of nitrogens with one attached hydrogen (secondary N) is 1. The van der Waals surface area contributed by atoms with E-state index < -0.39 is 10.0 Å². The average Bonchev–Trinajstić information content (AvgIpc) is 2.77. The van der Waals surface area contributed by atoms with E-state index in [1.807, 2.05) is 37.1 Å². The molecule has 0 spiro atoms. The first-order valence-electron chi connectivity index (χ1n) is 10.5. The van der Waals surface area contributed by atoms with Gasteiger partial charge in [-0.05, 0) is 42.5 Å². The molecule has 0 atom stereocenters. The number of H-pyrrole nitrogens is 1. The number of aryl methyl sites for hydroxylation is 1. The Morgan fingerprint density at radius 1 is 1.22 bits per heavy atom. The highest BCUT2D eigenvalue weighted by atomic mass is 32.2. The number of fused-ring (bicyclic) bond motifs is 2. The van der Waals surface area contributed by atoms with E-state index in [9.17, 15) is 18.3 Å². The lowest BCUT2D eigenvalue weighted by atomic mass is 10.1. The third-order valence-corrected chi connectivity index (χ3v) is 7.58. The van der Waals surface area contributed by atoms with Crippen LogP contribution in [0.3, 0.4) is 0 Å². The molecule has 0 amide bonds. The smallest absolute Gasteiger partial charge is 0.252 e. The molecule has 0 radical (unpaired) electrons. The summed E-state index contributed by atoms with van der Waals surface area (Å²) >= 11 is 0. The number of rotatable bonds is 7. The molecule has 4 rings (SSSR count). The molecule has 2 aromatic carbocycles. The fourth-order valence-corrected chi connectivity index (χ4v) is 5.39. The summed E-state index contributed by atoms with van der Waals surface area (Å²) in [5, 5.41) is 10.2.